The molecule has 0 aromatic heterocycles. The number of benzene rings is 1. The summed E-state index contributed by atoms with van der Waals surface area (Å²) in [7, 11) is -3.49. The van der Waals surface area contributed by atoms with E-state index in [0.717, 1.165) is 25.7 Å². The summed E-state index contributed by atoms with van der Waals surface area (Å²) < 4.78 is 29.1. The quantitative estimate of drug-likeness (QED) is 0.850. The first-order chi connectivity index (χ1) is 9.96. The maximum atomic E-state index is 13.0. The molecule has 0 radical (unpaired) electrons. The monoisotopic (exact) mass is 311 g/mol. The molecule has 118 valence electrons. The summed E-state index contributed by atoms with van der Waals surface area (Å²) in [5.41, 5.74) is 7.03. The van der Waals surface area contributed by atoms with E-state index in [2.05, 4.69) is 0 Å². The van der Waals surface area contributed by atoms with E-state index in [1.807, 2.05) is 13.8 Å². The van der Waals surface area contributed by atoms with Crippen molar-refractivity contribution < 1.29 is 8.42 Å². The third-order valence-electron chi connectivity index (χ3n) is 3.90. The lowest BCUT2D eigenvalue weighted by Crippen LogP contribution is -2.50. The molecule has 5 nitrogen and oxygen atoms in total. The van der Waals surface area contributed by atoms with Gasteiger partial charge in [0.25, 0.3) is 0 Å². The predicted molar refractivity (Wildman–Crippen MR) is 87.4 cm³/mol. The van der Waals surface area contributed by atoms with Gasteiger partial charge in [-0.15, -0.1) is 0 Å². The van der Waals surface area contributed by atoms with Crippen LogP contribution in [0.2, 0.25) is 0 Å². The van der Waals surface area contributed by atoms with Gasteiger partial charge in [-0.1, -0.05) is 19.4 Å². The van der Waals surface area contributed by atoms with Crippen LogP contribution in [0, 0.1) is 0 Å². The molecule has 0 saturated carbocycles. The molecule has 21 heavy (non-hydrogen) atoms. The predicted octanol–water partition coefficient (Wildman–Crippen LogP) is 2.60. The molecule has 2 N–H and O–H groups in total. The SMILES string of the molecule is CCCN(c1cccc(N)c1)S(=O)(=O)N1CCCCC1C. The van der Waals surface area contributed by atoms with Gasteiger partial charge in [-0.2, -0.15) is 12.7 Å². The lowest BCUT2D eigenvalue weighted by molar-refractivity contribution is 0.268. The Kier molecular flexibility index (Phi) is 5.11. The van der Waals surface area contributed by atoms with Crippen LogP contribution in [0.1, 0.15) is 39.5 Å². The number of nitrogen functional groups attached to an aromatic ring is 1. The largest absolute Gasteiger partial charge is 0.399 e. The Hall–Kier alpha value is -1.27. The fraction of sp³-hybridized carbons (Fsp3) is 0.600. The molecular weight excluding hydrogens is 286 g/mol. The van der Waals surface area contributed by atoms with Crippen LogP contribution < -0.4 is 10.0 Å². The van der Waals surface area contributed by atoms with Gasteiger partial charge in [-0.3, -0.25) is 4.31 Å². The minimum atomic E-state index is -3.49. The normalized spacial score (nSPS) is 20.4. The van der Waals surface area contributed by atoms with E-state index in [-0.39, 0.29) is 6.04 Å². The van der Waals surface area contributed by atoms with Crippen LogP contribution in [-0.2, 0) is 10.2 Å². The number of hydrogen-bond donors (Lipinski definition) is 1. The summed E-state index contributed by atoms with van der Waals surface area (Å²) in [6.07, 6.45) is 3.71. The molecule has 1 aliphatic heterocycles. The number of anilines is 2. The zero-order valence-electron chi connectivity index (χ0n) is 12.8. The second-order valence-corrected chi connectivity index (χ2v) is 7.44. The highest BCUT2D eigenvalue weighted by atomic mass is 32.2. The zero-order chi connectivity index (χ0) is 15.5. The van der Waals surface area contributed by atoms with Gasteiger partial charge in [0.2, 0.25) is 0 Å². The molecule has 1 atom stereocenters. The summed E-state index contributed by atoms with van der Waals surface area (Å²) >= 11 is 0. The van der Waals surface area contributed by atoms with Gasteiger partial charge in [-0.05, 0) is 44.4 Å². The molecule has 0 spiro atoms. The summed E-state index contributed by atoms with van der Waals surface area (Å²) in [5, 5.41) is 0. The van der Waals surface area contributed by atoms with Crippen LogP contribution in [0.3, 0.4) is 0 Å². The Morgan fingerprint density at radius 2 is 2.14 bits per heavy atom. The average Bonchev–Trinajstić information content (AvgIpc) is 2.44. The van der Waals surface area contributed by atoms with Crippen LogP contribution >= 0.6 is 0 Å². The van der Waals surface area contributed by atoms with Crippen LogP contribution in [0.5, 0.6) is 0 Å². The smallest absolute Gasteiger partial charge is 0.304 e. The van der Waals surface area contributed by atoms with Crippen molar-refractivity contribution in [2.45, 2.75) is 45.6 Å². The van der Waals surface area contributed by atoms with E-state index < -0.39 is 10.2 Å². The van der Waals surface area contributed by atoms with E-state index in [9.17, 15) is 8.42 Å². The molecule has 1 fully saturated rings. The van der Waals surface area contributed by atoms with Crippen molar-refractivity contribution >= 4 is 21.6 Å². The molecule has 1 unspecified atom stereocenters. The van der Waals surface area contributed by atoms with E-state index in [1.165, 1.54) is 4.31 Å². The molecule has 1 saturated heterocycles. The van der Waals surface area contributed by atoms with Crippen molar-refractivity contribution in [3.05, 3.63) is 24.3 Å². The van der Waals surface area contributed by atoms with Gasteiger partial charge < -0.3 is 5.73 Å². The summed E-state index contributed by atoms with van der Waals surface area (Å²) in [6.45, 7) is 5.04. The molecule has 2 rings (SSSR count). The Morgan fingerprint density at radius 3 is 2.76 bits per heavy atom. The number of hydrogen-bond acceptors (Lipinski definition) is 3. The first-order valence-electron chi connectivity index (χ1n) is 7.62. The summed E-state index contributed by atoms with van der Waals surface area (Å²) in [4.78, 5) is 0. The Labute approximate surface area is 127 Å². The maximum absolute atomic E-state index is 13.0. The third-order valence-corrected chi connectivity index (χ3v) is 5.99. The van der Waals surface area contributed by atoms with Gasteiger partial charge in [0.1, 0.15) is 0 Å². The summed E-state index contributed by atoms with van der Waals surface area (Å²) in [5.74, 6) is 0. The van der Waals surface area contributed by atoms with E-state index in [1.54, 1.807) is 28.6 Å². The first-order valence-corrected chi connectivity index (χ1v) is 9.01. The molecule has 1 aromatic carbocycles. The molecule has 6 heteroatoms. The second-order valence-electron chi connectivity index (χ2n) is 5.63. The highest BCUT2D eigenvalue weighted by molar-refractivity contribution is 7.90. The topological polar surface area (TPSA) is 66.6 Å². The van der Waals surface area contributed by atoms with Crippen molar-refractivity contribution in [3.63, 3.8) is 0 Å². The Balaban J connectivity index is 2.36. The number of piperidine rings is 1. The van der Waals surface area contributed by atoms with E-state index >= 15 is 0 Å². The van der Waals surface area contributed by atoms with Crippen molar-refractivity contribution in [3.8, 4) is 0 Å². The molecule has 0 bridgehead atoms. The zero-order valence-corrected chi connectivity index (χ0v) is 13.6. The van der Waals surface area contributed by atoms with Gasteiger partial charge in [0, 0.05) is 24.8 Å². The van der Waals surface area contributed by atoms with Gasteiger partial charge in [0.05, 0.1) is 5.69 Å². The lowest BCUT2D eigenvalue weighted by atomic mass is 10.1. The molecule has 0 aliphatic carbocycles. The number of rotatable bonds is 5. The lowest BCUT2D eigenvalue weighted by Gasteiger charge is -2.37. The average molecular weight is 311 g/mol. The minimum absolute atomic E-state index is 0.0594. The van der Waals surface area contributed by atoms with Crippen LogP contribution in [0.15, 0.2) is 24.3 Å². The van der Waals surface area contributed by atoms with Gasteiger partial charge >= 0.3 is 10.2 Å². The van der Waals surface area contributed by atoms with E-state index in [0.29, 0.717) is 24.5 Å². The van der Waals surface area contributed by atoms with Crippen molar-refractivity contribution in [1.29, 1.82) is 0 Å². The van der Waals surface area contributed by atoms with Crippen molar-refractivity contribution in [1.82, 2.24) is 4.31 Å². The van der Waals surface area contributed by atoms with E-state index in [4.69, 9.17) is 5.73 Å². The first kappa shape index (κ1) is 16.1. The Bertz CT molecular complexity index is 574. The highest BCUT2D eigenvalue weighted by Gasteiger charge is 2.34. The van der Waals surface area contributed by atoms with Gasteiger partial charge in [-0.25, -0.2) is 0 Å². The molecular formula is C15H25N3O2S. The van der Waals surface area contributed by atoms with Crippen LogP contribution in [-0.4, -0.2) is 31.9 Å². The molecule has 0 amide bonds. The summed E-state index contributed by atoms with van der Waals surface area (Å²) in [6, 6.07) is 7.15. The van der Waals surface area contributed by atoms with Gasteiger partial charge in [0.15, 0.2) is 0 Å². The maximum Gasteiger partial charge on any atom is 0.304 e. The van der Waals surface area contributed by atoms with Crippen LogP contribution in [0.4, 0.5) is 11.4 Å². The van der Waals surface area contributed by atoms with Crippen molar-refractivity contribution in [2.24, 2.45) is 0 Å². The fourth-order valence-electron chi connectivity index (χ4n) is 2.80. The Morgan fingerprint density at radius 1 is 1.38 bits per heavy atom. The minimum Gasteiger partial charge on any atom is -0.399 e. The fourth-order valence-corrected chi connectivity index (χ4v) is 4.77. The second kappa shape index (κ2) is 6.66. The molecule has 1 aliphatic rings. The number of nitrogens with zero attached hydrogens (tertiary/aromatic N) is 2. The van der Waals surface area contributed by atoms with Crippen LogP contribution in [0.25, 0.3) is 0 Å². The molecule has 1 heterocycles. The standard InChI is InChI=1S/C15H25N3O2S/c1-3-10-18(15-9-6-8-14(16)12-15)21(19,20)17-11-5-4-7-13(17)2/h6,8-9,12-13H,3-5,7,10-11,16H2,1-2H3. The highest BCUT2D eigenvalue weighted by Crippen LogP contribution is 2.27. The number of nitrogens with two attached hydrogens (primary N) is 1. The van der Waals surface area contributed by atoms with Crippen molar-refractivity contribution in [2.75, 3.05) is 23.1 Å². The molecule has 1 aromatic rings. The third kappa shape index (κ3) is 3.49.